The summed E-state index contributed by atoms with van der Waals surface area (Å²) < 4.78 is 0.483. The van der Waals surface area contributed by atoms with Crippen molar-refractivity contribution in [3.8, 4) is 0 Å². The molecule has 0 aliphatic heterocycles. The molecule has 8 nitrogen and oxygen atoms in total. The van der Waals surface area contributed by atoms with Crippen molar-refractivity contribution in [3.63, 3.8) is 0 Å². The van der Waals surface area contributed by atoms with Crippen LogP contribution >= 0.6 is 11.3 Å². The van der Waals surface area contributed by atoms with Crippen LogP contribution in [0.15, 0.2) is 16.2 Å². The van der Waals surface area contributed by atoms with Gasteiger partial charge in [0.1, 0.15) is 10.5 Å². The smallest absolute Gasteiger partial charge is 0.317 e. The van der Waals surface area contributed by atoms with Crippen LogP contribution in [0.4, 0.5) is 0 Å². The van der Waals surface area contributed by atoms with Gasteiger partial charge in [-0.15, -0.1) is 11.3 Å². The molecule has 0 spiro atoms. The Labute approximate surface area is 116 Å². The maximum absolute atomic E-state index is 11.8. The SMILES string of the molecule is O=C(O)CN(CC(=O)O)Cc1nc2ccsc2c(=O)[nH]1. The second-order valence-electron chi connectivity index (χ2n) is 4.08. The monoisotopic (exact) mass is 297 g/mol. The molecule has 0 aromatic carbocycles. The summed E-state index contributed by atoms with van der Waals surface area (Å²) in [5.74, 6) is -2.06. The van der Waals surface area contributed by atoms with Crippen molar-refractivity contribution in [3.05, 3.63) is 27.6 Å². The van der Waals surface area contributed by atoms with Gasteiger partial charge in [-0.2, -0.15) is 0 Å². The largest absolute Gasteiger partial charge is 0.480 e. The molecule has 2 rings (SSSR count). The second-order valence-corrected chi connectivity index (χ2v) is 5.00. The minimum atomic E-state index is -1.15. The number of carbonyl (C=O) groups is 2. The van der Waals surface area contributed by atoms with Crippen molar-refractivity contribution in [1.29, 1.82) is 0 Å². The number of H-pyrrole nitrogens is 1. The van der Waals surface area contributed by atoms with Crippen LogP contribution in [0.3, 0.4) is 0 Å². The molecule has 0 radical (unpaired) electrons. The maximum Gasteiger partial charge on any atom is 0.317 e. The lowest BCUT2D eigenvalue weighted by Crippen LogP contribution is -2.35. The maximum atomic E-state index is 11.8. The van der Waals surface area contributed by atoms with E-state index in [2.05, 4.69) is 9.97 Å². The van der Waals surface area contributed by atoms with Gasteiger partial charge in [-0.25, -0.2) is 4.98 Å². The number of carboxylic acid groups (broad SMARTS) is 2. The van der Waals surface area contributed by atoms with E-state index in [0.717, 1.165) is 0 Å². The van der Waals surface area contributed by atoms with Gasteiger partial charge in [0.05, 0.1) is 25.2 Å². The minimum Gasteiger partial charge on any atom is -0.480 e. The summed E-state index contributed by atoms with van der Waals surface area (Å²) in [7, 11) is 0. The molecule has 0 atom stereocenters. The van der Waals surface area contributed by atoms with Crippen molar-refractivity contribution in [2.24, 2.45) is 0 Å². The van der Waals surface area contributed by atoms with Crippen molar-refractivity contribution in [2.45, 2.75) is 6.54 Å². The first kappa shape index (κ1) is 14.2. The molecule has 0 saturated heterocycles. The van der Waals surface area contributed by atoms with Crippen LogP contribution in [0.2, 0.25) is 0 Å². The first-order valence-electron chi connectivity index (χ1n) is 5.58. The number of carboxylic acids is 2. The van der Waals surface area contributed by atoms with E-state index in [1.54, 1.807) is 11.4 Å². The first-order chi connectivity index (χ1) is 9.45. The molecule has 0 aliphatic rings. The first-order valence-corrected chi connectivity index (χ1v) is 6.46. The second kappa shape index (κ2) is 5.80. The highest BCUT2D eigenvalue weighted by molar-refractivity contribution is 7.17. The Balaban J connectivity index is 2.25. The zero-order valence-corrected chi connectivity index (χ0v) is 11.0. The third kappa shape index (κ3) is 3.39. The summed E-state index contributed by atoms with van der Waals surface area (Å²) in [4.78, 5) is 41.0. The molecule has 0 aliphatic carbocycles. The number of nitrogens with zero attached hydrogens (tertiary/aromatic N) is 2. The number of aliphatic carboxylic acids is 2. The highest BCUT2D eigenvalue weighted by atomic mass is 32.1. The standard InChI is InChI=1S/C11H11N3O5S/c15-8(16)4-14(5-9(17)18)3-7-12-6-1-2-20-10(6)11(19)13-7/h1-2H,3-5H2,(H,15,16)(H,17,18)(H,12,13,19). The highest BCUT2D eigenvalue weighted by Crippen LogP contribution is 2.14. The summed E-state index contributed by atoms with van der Waals surface area (Å²) in [5.41, 5.74) is 0.199. The van der Waals surface area contributed by atoms with Crippen LogP contribution in [-0.4, -0.2) is 50.1 Å². The molecule has 3 N–H and O–H groups in total. The molecule has 0 unspecified atom stereocenters. The molecule has 0 saturated carbocycles. The zero-order valence-electron chi connectivity index (χ0n) is 10.2. The number of hydrogen-bond donors (Lipinski definition) is 3. The third-order valence-electron chi connectivity index (χ3n) is 2.46. The normalized spacial score (nSPS) is 11.1. The lowest BCUT2D eigenvalue weighted by atomic mass is 10.4. The van der Waals surface area contributed by atoms with Gasteiger partial charge in [-0.05, 0) is 11.4 Å². The Bertz CT molecular complexity index is 691. The Morgan fingerprint density at radius 1 is 1.30 bits per heavy atom. The molecular formula is C11H11N3O5S. The molecular weight excluding hydrogens is 286 g/mol. The molecule has 0 bridgehead atoms. The molecule has 0 amide bonds. The summed E-state index contributed by atoms with van der Waals surface area (Å²) in [5, 5.41) is 19.2. The van der Waals surface area contributed by atoms with Gasteiger partial charge in [0.15, 0.2) is 0 Å². The number of aromatic nitrogens is 2. The van der Waals surface area contributed by atoms with E-state index in [-0.39, 0.29) is 17.9 Å². The van der Waals surface area contributed by atoms with Crippen molar-refractivity contribution < 1.29 is 19.8 Å². The molecule has 106 valence electrons. The summed E-state index contributed by atoms with van der Waals surface area (Å²) >= 11 is 1.25. The van der Waals surface area contributed by atoms with Crippen LogP contribution < -0.4 is 5.56 Å². The summed E-state index contributed by atoms with van der Waals surface area (Å²) in [6, 6.07) is 1.68. The van der Waals surface area contributed by atoms with E-state index in [1.165, 1.54) is 16.2 Å². The van der Waals surface area contributed by atoms with Crippen LogP contribution in [0.25, 0.3) is 10.2 Å². The molecule has 2 heterocycles. The summed E-state index contributed by atoms with van der Waals surface area (Å²) in [6.07, 6.45) is 0. The average molecular weight is 297 g/mol. The van der Waals surface area contributed by atoms with E-state index < -0.39 is 25.0 Å². The predicted molar refractivity (Wildman–Crippen MR) is 70.8 cm³/mol. The van der Waals surface area contributed by atoms with Crippen LogP contribution in [0.1, 0.15) is 5.82 Å². The van der Waals surface area contributed by atoms with Gasteiger partial charge in [0.2, 0.25) is 0 Å². The molecule has 20 heavy (non-hydrogen) atoms. The van der Waals surface area contributed by atoms with Crippen molar-refractivity contribution >= 4 is 33.5 Å². The molecule has 9 heteroatoms. The van der Waals surface area contributed by atoms with Crippen LogP contribution in [0.5, 0.6) is 0 Å². The van der Waals surface area contributed by atoms with Crippen molar-refractivity contribution in [2.75, 3.05) is 13.1 Å². The summed E-state index contributed by atoms with van der Waals surface area (Å²) in [6.45, 7) is -0.949. The average Bonchev–Trinajstić information content (AvgIpc) is 2.75. The fraction of sp³-hybridized carbons (Fsp3) is 0.273. The number of fused-ring (bicyclic) bond motifs is 1. The Kier molecular flexibility index (Phi) is 4.11. The van der Waals surface area contributed by atoms with Gasteiger partial charge in [-0.1, -0.05) is 0 Å². The quantitative estimate of drug-likeness (QED) is 0.683. The van der Waals surface area contributed by atoms with E-state index in [1.807, 2.05) is 0 Å². The van der Waals surface area contributed by atoms with Crippen molar-refractivity contribution in [1.82, 2.24) is 14.9 Å². The number of rotatable bonds is 6. The number of aromatic amines is 1. The van der Waals surface area contributed by atoms with Gasteiger partial charge in [0, 0.05) is 0 Å². The Morgan fingerprint density at radius 2 is 1.95 bits per heavy atom. The van der Waals surface area contributed by atoms with Gasteiger partial charge >= 0.3 is 11.9 Å². The lowest BCUT2D eigenvalue weighted by molar-refractivity contribution is -0.142. The van der Waals surface area contributed by atoms with Gasteiger partial charge in [0.25, 0.3) is 5.56 Å². The van der Waals surface area contributed by atoms with E-state index in [9.17, 15) is 14.4 Å². The predicted octanol–water partition coefficient (Wildman–Crippen LogP) is -0.0442. The topological polar surface area (TPSA) is 124 Å². The van der Waals surface area contributed by atoms with E-state index in [0.29, 0.717) is 10.2 Å². The third-order valence-corrected chi connectivity index (χ3v) is 3.36. The zero-order chi connectivity index (χ0) is 14.7. The number of hydrogen-bond acceptors (Lipinski definition) is 6. The van der Waals surface area contributed by atoms with Gasteiger partial charge < -0.3 is 15.2 Å². The minimum absolute atomic E-state index is 0.0559. The Morgan fingerprint density at radius 3 is 2.55 bits per heavy atom. The van der Waals surface area contributed by atoms with Crippen LogP contribution in [0, 0.1) is 0 Å². The number of thiophene rings is 1. The number of nitrogens with one attached hydrogen (secondary N) is 1. The molecule has 2 aromatic rings. The fourth-order valence-corrected chi connectivity index (χ4v) is 2.48. The molecule has 0 fully saturated rings. The van der Waals surface area contributed by atoms with E-state index in [4.69, 9.17) is 10.2 Å². The lowest BCUT2D eigenvalue weighted by Gasteiger charge is -2.16. The fourth-order valence-electron chi connectivity index (χ4n) is 1.76. The van der Waals surface area contributed by atoms with E-state index >= 15 is 0 Å². The van der Waals surface area contributed by atoms with Crippen LogP contribution in [-0.2, 0) is 16.1 Å². The highest BCUT2D eigenvalue weighted by Gasteiger charge is 2.16. The van der Waals surface area contributed by atoms with Gasteiger partial charge in [-0.3, -0.25) is 19.3 Å². The molecule has 2 aromatic heterocycles. The Hall–Kier alpha value is -2.26.